The van der Waals surface area contributed by atoms with E-state index in [9.17, 15) is 14.7 Å². The maximum atomic E-state index is 13.1. The number of carbonyl (C=O) groups is 2. The number of ketones is 1. The van der Waals surface area contributed by atoms with Crippen molar-refractivity contribution in [2.24, 2.45) is 0 Å². The molecule has 0 unspecified atom stereocenters. The highest BCUT2D eigenvalue weighted by molar-refractivity contribution is 6.46. The van der Waals surface area contributed by atoms with Crippen LogP contribution < -0.4 is 9.47 Å². The van der Waals surface area contributed by atoms with Crippen LogP contribution in [-0.4, -0.2) is 66.5 Å². The first-order chi connectivity index (χ1) is 16.4. The van der Waals surface area contributed by atoms with Crippen LogP contribution in [0.25, 0.3) is 5.76 Å². The van der Waals surface area contributed by atoms with E-state index in [1.807, 2.05) is 31.2 Å². The van der Waals surface area contributed by atoms with E-state index in [-0.39, 0.29) is 11.3 Å². The summed E-state index contributed by atoms with van der Waals surface area (Å²) in [6.07, 6.45) is 0.727. The van der Waals surface area contributed by atoms with Crippen molar-refractivity contribution in [2.75, 3.05) is 39.9 Å². The highest BCUT2D eigenvalue weighted by atomic mass is 16.5. The van der Waals surface area contributed by atoms with E-state index in [0.717, 1.165) is 31.6 Å². The number of ether oxygens (including phenoxy) is 2. The van der Waals surface area contributed by atoms with Crippen LogP contribution in [0.15, 0.2) is 54.1 Å². The number of hydrogen-bond acceptors (Lipinski definition) is 6. The SMILES string of the molecule is CCOc1ccc([C@@H]2C(=C(O)c3ccc(OC)cc3)C(=O)C(=O)N2CCCN(CC)CC)cc1. The summed E-state index contributed by atoms with van der Waals surface area (Å²) in [6.45, 7) is 9.75. The Balaban J connectivity index is 2.01. The minimum Gasteiger partial charge on any atom is -0.507 e. The molecule has 1 heterocycles. The lowest BCUT2D eigenvalue weighted by atomic mass is 9.95. The zero-order valence-corrected chi connectivity index (χ0v) is 20.4. The van der Waals surface area contributed by atoms with Crippen LogP contribution in [0.4, 0.5) is 0 Å². The summed E-state index contributed by atoms with van der Waals surface area (Å²) in [5.41, 5.74) is 1.31. The molecule has 1 saturated heterocycles. The summed E-state index contributed by atoms with van der Waals surface area (Å²) in [5, 5.41) is 11.2. The number of nitrogens with zero attached hydrogens (tertiary/aromatic N) is 2. The molecule has 1 fully saturated rings. The number of Topliss-reactive ketones (excluding diaryl/α,β-unsaturated/α-hetero) is 1. The van der Waals surface area contributed by atoms with Gasteiger partial charge in [0.1, 0.15) is 17.3 Å². The van der Waals surface area contributed by atoms with Gasteiger partial charge in [0.15, 0.2) is 0 Å². The van der Waals surface area contributed by atoms with E-state index in [0.29, 0.717) is 30.2 Å². The van der Waals surface area contributed by atoms with E-state index in [2.05, 4.69) is 18.7 Å². The second-order valence-electron chi connectivity index (χ2n) is 8.10. The van der Waals surface area contributed by atoms with Gasteiger partial charge in [-0.3, -0.25) is 9.59 Å². The molecule has 2 aromatic rings. The summed E-state index contributed by atoms with van der Waals surface area (Å²) in [4.78, 5) is 30.1. The predicted octanol–water partition coefficient (Wildman–Crippen LogP) is 4.25. The summed E-state index contributed by atoms with van der Waals surface area (Å²) >= 11 is 0. The fraction of sp³-hybridized carbons (Fsp3) is 0.407. The molecule has 1 aliphatic rings. The number of aliphatic hydroxyl groups is 1. The summed E-state index contributed by atoms with van der Waals surface area (Å²) in [7, 11) is 1.56. The third-order valence-corrected chi connectivity index (χ3v) is 6.18. The van der Waals surface area contributed by atoms with E-state index in [4.69, 9.17) is 9.47 Å². The Bertz CT molecular complexity index is 1010. The van der Waals surface area contributed by atoms with Crippen LogP contribution in [0.2, 0.25) is 0 Å². The molecule has 182 valence electrons. The number of methoxy groups -OCH3 is 1. The molecule has 1 N–H and O–H groups in total. The Morgan fingerprint density at radius 1 is 0.971 bits per heavy atom. The number of hydrogen-bond donors (Lipinski definition) is 1. The third-order valence-electron chi connectivity index (χ3n) is 6.18. The molecule has 3 rings (SSSR count). The van der Waals surface area contributed by atoms with Crippen molar-refractivity contribution in [3.8, 4) is 11.5 Å². The maximum absolute atomic E-state index is 13.1. The Kier molecular flexibility index (Phi) is 8.71. The minimum atomic E-state index is -0.672. The van der Waals surface area contributed by atoms with Crippen LogP contribution in [0, 0.1) is 0 Å². The lowest BCUT2D eigenvalue weighted by Gasteiger charge is -2.27. The normalized spacial score (nSPS) is 17.4. The average molecular weight is 467 g/mol. The Morgan fingerprint density at radius 3 is 2.15 bits per heavy atom. The molecule has 2 aromatic carbocycles. The lowest BCUT2D eigenvalue weighted by Crippen LogP contribution is -2.33. The first kappa shape index (κ1) is 25.3. The van der Waals surface area contributed by atoms with E-state index in [1.54, 1.807) is 36.3 Å². The lowest BCUT2D eigenvalue weighted by molar-refractivity contribution is -0.140. The van der Waals surface area contributed by atoms with Gasteiger partial charge >= 0.3 is 0 Å². The molecule has 0 spiro atoms. The van der Waals surface area contributed by atoms with Gasteiger partial charge in [0.05, 0.1) is 25.3 Å². The number of carbonyl (C=O) groups excluding carboxylic acids is 2. The molecule has 34 heavy (non-hydrogen) atoms. The minimum absolute atomic E-state index is 0.0992. The predicted molar refractivity (Wildman–Crippen MR) is 132 cm³/mol. The monoisotopic (exact) mass is 466 g/mol. The van der Waals surface area contributed by atoms with Gasteiger partial charge in [0.2, 0.25) is 0 Å². The van der Waals surface area contributed by atoms with Gasteiger partial charge in [0.25, 0.3) is 11.7 Å². The van der Waals surface area contributed by atoms with Crippen molar-refractivity contribution in [2.45, 2.75) is 33.2 Å². The smallest absolute Gasteiger partial charge is 0.295 e. The van der Waals surface area contributed by atoms with Crippen LogP contribution >= 0.6 is 0 Å². The largest absolute Gasteiger partial charge is 0.507 e. The molecular weight excluding hydrogens is 432 g/mol. The maximum Gasteiger partial charge on any atom is 0.295 e. The molecule has 0 bridgehead atoms. The second kappa shape index (κ2) is 11.7. The van der Waals surface area contributed by atoms with E-state index < -0.39 is 17.7 Å². The van der Waals surface area contributed by atoms with Crippen molar-refractivity contribution in [1.29, 1.82) is 0 Å². The van der Waals surface area contributed by atoms with Gasteiger partial charge in [-0.15, -0.1) is 0 Å². The van der Waals surface area contributed by atoms with Gasteiger partial charge in [-0.1, -0.05) is 26.0 Å². The van der Waals surface area contributed by atoms with Gasteiger partial charge in [-0.2, -0.15) is 0 Å². The molecule has 0 aromatic heterocycles. The molecule has 0 aliphatic carbocycles. The molecule has 1 amide bonds. The molecule has 0 saturated carbocycles. The van der Waals surface area contributed by atoms with Crippen LogP contribution in [0.5, 0.6) is 11.5 Å². The molecule has 7 heteroatoms. The quantitative estimate of drug-likeness (QED) is 0.303. The topological polar surface area (TPSA) is 79.3 Å². The third kappa shape index (κ3) is 5.42. The van der Waals surface area contributed by atoms with Crippen molar-refractivity contribution in [3.63, 3.8) is 0 Å². The first-order valence-corrected chi connectivity index (χ1v) is 11.8. The van der Waals surface area contributed by atoms with E-state index >= 15 is 0 Å². The van der Waals surface area contributed by atoms with Crippen LogP contribution in [0.1, 0.15) is 44.4 Å². The number of aliphatic hydroxyl groups excluding tert-OH is 1. The Morgan fingerprint density at radius 2 is 1.59 bits per heavy atom. The van der Waals surface area contributed by atoms with Gasteiger partial charge in [-0.05, 0) is 74.9 Å². The number of amides is 1. The van der Waals surface area contributed by atoms with Crippen LogP contribution in [-0.2, 0) is 9.59 Å². The molecule has 7 nitrogen and oxygen atoms in total. The van der Waals surface area contributed by atoms with Crippen molar-refractivity contribution in [3.05, 3.63) is 65.2 Å². The van der Waals surface area contributed by atoms with Gasteiger partial charge in [0, 0.05) is 12.1 Å². The standard InChI is InChI=1S/C27H34N2O5/c1-5-28(6-2)17-8-18-29-24(19-9-15-22(16-10-19)34-7-3)23(26(31)27(29)32)25(30)20-11-13-21(33-4)14-12-20/h9-16,24,30H,5-8,17-18H2,1-4H3/t24-/m1/s1. The molecule has 1 aliphatic heterocycles. The zero-order valence-electron chi connectivity index (χ0n) is 20.4. The Labute approximate surface area is 201 Å². The highest BCUT2D eigenvalue weighted by Gasteiger charge is 2.45. The van der Waals surface area contributed by atoms with Gasteiger partial charge < -0.3 is 24.4 Å². The molecular formula is C27H34N2O5. The van der Waals surface area contributed by atoms with Crippen LogP contribution in [0.3, 0.4) is 0 Å². The summed E-state index contributed by atoms with van der Waals surface area (Å²) < 4.78 is 10.7. The first-order valence-electron chi connectivity index (χ1n) is 11.8. The molecule has 1 atom stereocenters. The summed E-state index contributed by atoms with van der Waals surface area (Å²) in [5.74, 6) is -0.106. The Hall–Kier alpha value is -3.32. The highest BCUT2D eigenvalue weighted by Crippen LogP contribution is 2.40. The number of rotatable bonds is 11. The summed E-state index contributed by atoms with van der Waals surface area (Å²) in [6, 6.07) is 13.4. The fourth-order valence-corrected chi connectivity index (χ4v) is 4.28. The number of benzene rings is 2. The molecule has 0 radical (unpaired) electrons. The van der Waals surface area contributed by atoms with Crippen molar-refractivity contribution < 1.29 is 24.2 Å². The number of likely N-dealkylation sites (tertiary alicyclic amines) is 1. The van der Waals surface area contributed by atoms with Crippen molar-refractivity contribution in [1.82, 2.24) is 9.80 Å². The second-order valence-corrected chi connectivity index (χ2v) is 8.10. The zero-order chi connectivity index (χ0) is 24.7. The van der Waals surface area contributed by atoms with E-state index in [1.165, 1.54) is 0 Å². The van der Waals surface area contributed by atoms with Gasteiger partial charge in [-0.25, -0.2) is 0 Å². The average Bonchev–Trinajstić information content (AvgIpc) is 3.12. The van der Waals surface area contributed by atoms with Crippen molar-refractivity contribution >= 4 is 17.4 Å². The fourth-order valence-electron chi connectivity index (χ4n) is 4.28.